The fourth-order valence-corrected chi connectivity index (χ4v) is 6.81. The Morgan fingerprint density at radius 2 is 1.94 bits per heavy atom. The molecule has 1 saturated carbocycles. The zero-order valence-corrected chi connectivity index (χ0v) is 19.2. The van der Waals surface area contributed by atoms with Crippen LogP contribution in [0.5, 0.6) is 11.5 Å². The highest BCUT2D eigenvalue weighted by atomic mass is 16.7. The predicted molar refractivity (Wildman–Crippen MR) is 122 cm³/mol. The summed E-state index contributed by atoms with van der Waals surface area (Å²) in [4.78, 5) is 17.7. The van der Waals surface area contributed by atoms with Crippen LogP contribution in [0.2, 0.25) is 0 Å². The maximum atomic E-state index is 12.9. The van der Waals surface area contributed by atoms with E-state index in [1.165, 1.54) is 24.9 Å². The Kier molecular flexibility index (Phi) is 4.90. The summed E-state index contributed by atoms with van der Waals surface area (Å²) in [6.07, 6.45) is 7.35. The number of anilines is 1. The second-order valence-corrected chi connectivity index (χ2v) is 10.7. The lowest BCUT2D eigenvalue weighted by atomic mass is 9.59. The number of rotatable bonds is 3. The van der Waals surface area contributed by atoms with Crippen molar-refractivity contribution in [2.45, 2.75) is 45.6 Å². The van der Waals surface area contributed by atoms with Gasteiger partial charge in [0.05, 0.1) is 5.92 Å². The Balaban J connectivity index is 1.12. The number of hydrogen-bond donors (Lipinski definition) is 0. The summed E-state index contributed by atoms with van der Waals surface area (Å²) < 4.78 is 16.9. The van der Waals surface area contributed by atoms with Gasteiger partial charge in [0.1, 0.15) is 6.10 Å². The molecule has 0 amide bonds. The average molecular weight is 439 g/mol. The zero-order valence-electron chi connectivity index (χ0n) is 19.2. The third-order valence-electron chi connectivity index (χ3n) is 8.63. The van der Waals surface area contributed by atoms with Crippen molar-refractivity contribution in [1.82, 2.24) is 4.90 Å². The molecule has 3 heterocycles. The first kappa shape index (κ1) is 20.4. The van der Waals surface area contributed by atoms with Crippen LogP contribution in [0.15, 0.2) is 29.8 Å². The van der Waals surface area contributed by atoms with Gasteiger partial charge >= 0.3 is 5.97 Å². The van der Waals surface area contributed by atoms with E-state index >= 15 is 0 Å². The predicted octanol–water partition coefficient (Wildman–Crippen LogP) is 3.85. The van der Waals surface area contributed by atoms with Crippen LogP contribution in [0.25, 0.3) is 0 Å². The normalized spacial score (nSPS) is 36.4. The van der Waals surface area contributed by atoms with Gasteiger partial charge in [-0.15, -0.1) is 0 Å². The van der Waals surface area contributed by atoms with Crippen LogP contribution in [0.4, 0.5) is 5.69 Å². The molecule has 3 fully saturated rings. The number of esters is 1. The van der Waals surface area contributed by atoms with Crippen LogP contribution in [0.3, 0.4) is 0 Å². The van der Waals surface area contributed by atoms with E-state index in [0.717, 1.165) is 50.6 Å². The molecule has 32 heavy (non-hydrogen) atoms. The molecule has 6 nitrogen and oxygen atoms in total. The first-order chi connectivity index (χ1) is 15.5. The second kappa shape index (κ2) is 7.68. The maximum absolute atomic E-state index is 12.9. The van der Waals surface area contributed by atoms with E-state index in [9.17, 15) is 4.79 Å². The number of carbonyl (C=O) groups is 1. The van der Waals surface area contributed by atoms with E-state index in [0.29, 0.717) is 12.7 Å². The van der Waals surface area contributed by atoms with Crippen LogP contribution >= 0.6 is 0 Å². The van der Waals surface area contributed by atoms with Gasteiger partial charge in [-0.05, 0) is 42.7 Å². The molecule has 0 aromatic heterocycles. The lowest BCUT2D eigenvalue weighted by Crippen LogP contribution is -2.49. The van der Waals surface area contributed by atoms with Gasteiger partial charge in [-0.3, -0.25) is 9.69 Å². The zero-order chi connectivity index (χ0) is 21.9. The Labute approximate surface area is 190 Å². The van der Waals surface area contributed by atoms with Crippen LogP contribution in [0, 0.1) is 23.2 Å². The number of benzene rings is 1. The molecule has 1 aromatic carbocycles. The van der Waals surface area contributed by atoms with E-state index < -0.39 is 0 Å². The molecule has 6 heteroatoms. The van der Waals surface area contributed by atoms with E-state index in [4.69, 9.17) is 14.2 Å². The molecular weight excluding hydrogens is 404 g/mol. The van der Waals surface area contributed by atoms with E-state index in [2.05, 4.69) is 41.9 Å². The minimum Gasteiger partial charge on any atom is -0.461 e. The Morgan fingerprint density at radius 1 is 1.12 bits per heavy atom. The Hall–Kier alpha value is -2.21. The van der Waals surface area contributed by atoms with Crippen LogP contribution < -0.4 is 14.4 Å². The summed E-state index contributed by atoms with van der Waals surface area (Å²) in [7, 11) is 0. The highest BCUT2D eigenvalue weighted by Crippen LogP contribution is 2.54. The molecule has 0 bridgehead atoms. The summed E-state index contributed by atoms with van der Waals surface area (Å²) in [6.45, 7) is 9.69. The molecule has 6 rings (SSSR count). The van der Waals surface area contributed by atoms with Gasteiger partial charge in [-0.25, -0.2) is 0 Å². The Bertz CT molecular complexity index is 938. The van der Waals surface area contributed by atoms with Gasteiger partial charge in [0.25, 0.3) is 0 Å². The lowest BCUT2D eigenvalue weighted by molar-refractivity contribution is -0.145. The fraction of sp³-hybridized carbons (Fsp3) is 0.654. The summed E-state index contributed by atoms with van der Waals surface area (Å²) >= 11 is 0. The van der Waals surface area contributed by atoms with Gasteiger partial charge in [0, 0.05) is 50.4 Å². The highest BCUT2D eigenvalue weighted by molar-refractivity contribution is 5.76. The quantitative estimate of drug-likeness (QED) is 0.528. The molecule has 2 aliphatic carbocycles. The van der Waals surface area contributed by atoms with Crippen molar-refractivity contribution >= 4 is 11.7 Å². The van der Waals surface area contributed by atoms with E-state index in [1.807, 2.05) is 6.07 Å². The number of carbonyl (C=O) groups excluding carboxylic acids is 1. The summed E-state index contributed by atoms with van der Waals surface area (Å²) in [6, 6.07) is 6.18. The molecule has 0 N–H and O–H groups in total. The van der Waals surface area contributed by atoms with Crippen molar-refractivity contribution in [2.75, 3.05) is 44.4 Å². The first-order valence-electron chi connectivity index (χ1n) is 12.3. The first-order valence-corrected chi connectivity index (χ1v) is 12.3. The van der Waals surface area contributed by atoms with Gasteiger partial charge in [0.2, 0.25) is 6.79 Å². The SMILES string of the molecule is C[C@H]1CCC[C@]2(C)C[C@H]3OC(=O)C(CN4CCN(c5ccc6c(c5)OCO6)CC4)[C@H]3C=C12. The number of allylic oxidation sites excluding steroid dienone is 1. The number of fused-ring (bicyclic) bond motifs is 3. The van der Waals surface area contributed by atoms with E-state index in [-0.39, 0.29) is 29.3 Å². The third kappa shape index (κ3) is 3.38. The van der Waals surface area contributed by atoms with Gasteiger partial charge in [-0.2, -0.15) is 0 Å². The molecule has 5 aliphatic rings. The maximum Gasteiger partial charge on any atom is 0.311 e. The van der Waals surface area contributed by atoms with Crippen molar-refractivity contribution in [3.63, 3.8) is 0 Å². The van der Waals surface area contributed by atoms with Crippen LogP contribution in [-0.2, 0) is 9.53 Å². The molecule has 1 unspecified atom stereocenters. The van der Waals surface area contributed by atoms with E-state index in [1.54, 1.807) is 5.57 Å². The van der Waals surface area contributed by atoms with Crippen LogP contribution in [-0.4, -0.2) is 56.5 Å². The molecule has 2 saturated heterocycles. The molecular formula is C26H34N2O4. The topological polar surface area (TPSA) is 51.2 Å². The van der Waals surface area contributed by atoms with Crippen molar-refractivity contribution in [1.29, 1.82) is 0 Å². The smallest absolute Gasteiger partial charge is 0.311 e. The van der Waals surface area contributed by atoms with Gasteiger partial charge < -0.3 is 19.1 Å². The van der Waals surface area contributed by atoms with Crippen molar-refractivity contribution in [3.8, 4) is 11.5 Å². The third-order valence-corrected chi connectivity index (χ3v) is 8.63. The fourth-order valence-electron chi connectivity index (χ4n) is 6.81. The largest absolute Gasteiger partial charge is 0.461 e. The molecule has 1 aromatic rings. The van der Waals surface area contributed by atoms with Gasteiger partial charge in [0.15, 0.2) is 11.5 Å². The van der Waals surface area contributed by atoms with Gasteiger partial charge in [-0.1, -0.05) is 31.9 Å². The molecule has 172 valence electrons. The van der Waals surface area contributed by atoms with Crippen molar-refractivity contribution in [3.05, 3.63) is 29.8 Å². The van der Waals surface area contributed by atoms with Crippen molar-refractivity contribution in [2.24, 2.45) is 23.2 Å². The molecule has 3 aliphatic heterocycles. The highest BCUT2D eigenvalue weighted by Gasteiger charge is 2.52. The molecule has 0 radical (unpaired) electrons. The second-order valence-electron chi connectivity index (χ2n) is 10.7. The summed E-state index contributed by atoms with van der Waals surface area (Å²) in [5.41, 5.74) is 3.00. The average Bonchev–Trinajstić information content (AvgIpc) is 3.36. The minimum atomic E-state index is -0.0248. The lowest BCUT2D eigenvalue weighted by Gasteiger charge is -2.46. The Morgan fingerprint density at radius 3 is 2.78 bits per heavy atom. The number of nitrogens with zero attached hydrogens (tertiary/aromatic N) is 2. The molecule has 5 atom stereocenters. The standard InChI is InChI=1S/C26H34N2O4/c1-17-4-3-7-26(2)14-24-19(13-21(17)26)20(25(29)32-24)15-27-8-10-28(11-9-27)18-5-6-22-23(12-18)31-16-30-22/h5-6,12-13,17,19-20,24H,3-4,7-11,14-16H2,1-2H3/t17-,19+,20?,24+,26+/m0/s1. The van der Waals surface area contributed by atoms with Crippen molar-refractivity contribution < 1.29 is 19.0 Å². The molecule has 0 spiro atoms. The summed E-state index contributed by atoms with van der Waals surface area (Å²) in [5.74, 6) is 2.54. The van der Waals surface area contributed by atoms with Crippen LogP contribution in [0.1, 0.15) is 39.5 Å². The number of hydrogen-bond acceptors (Lipinski definition) is 6. The monoisotopic (exact) mass is 438 g/mol. The summed E-state index contributed by atoms with van der Waals surface area (Å²) in [5, 5.41) is 0. The minimum absolute atomic E-state index is 0.0185. The number of ether oxygens (including phenoxy) is 3. The number of piperazine rings is 1.